The first-order chi connectivity index (χ1) is 8.79. The number of hydrogen-bond donors (Lipinski definition) is 1. The highest BCUT2D eigenvalue weighted by molar-refractivity contribution is 7.12. The number of H-pyrrole nitrogens is 1. The van der Waals surface area contributed by atoms with E-state index in [0.717, 1.165) is 10.9 Å². The molecule has 86 valence electrons. The van der Waals surface area contributed by atoms with Crippen LogP contribution in [0.15, 0.2) is 35.8 Å². The van der Waals surface area contributed by atoms with Gasteiger partial charge >= 0.3 is 0 Å². The quantitative estimate of drug-likeness (QED) is 0.563. The number of thiazole rings is 1. The van der Waals surface area contributed by atoms with Gasteiger partial charge in [-0.3, -0.25) is 4.79 Å². The monoisotopic (exact) mass is 252 g/mol. The molecule has 0 aliphatic carbocycles. The first-order valence-corrected chi connectivity index (χ1v) is 6.20. The maximum absolute atomic E-state index is 12.3. The molecule has 0 fully saturated rings. The lowest BCUT2D eigenvalue weighted by atomic mass is 10.1. The summed E-state index contributed by atoms with van der Waals surface area (Å²) in [7, 11) is 0. The summed E-state index contributed by atoms with van der Waals surface area (Å²) in [6, 6.07) is 7.67. The Balaban J connectivity index is 2.10. The normalized spacial score (nSPS) is 10.4. The Hall–Kier alpha value is -2.38. The number of aromatic nitrogens is 2. The van der Waals surface area contributed by atoms with Crippen molar-refractivity contribution in [3.63, 3.8) is 0 Å². The number of nitrogens with zero attached hydrogens (tertiary/aromatic N) is 1. The van der Waals surface area contributed by atoms with Gasteiger partial charge in [0.15, 0.2) is 5.01 Å². The molecule has 18 heavy (non-hydrogen) atoms. The lowest BCUT2D eigenvalue weighted by Gasteiger charge is -1.94. The Labute approximate surface area is 107 Å². The van der Waals surface area contributed by atoms with Crippen molar-refractivity contribution in [1.82, 2.24) is 9.97 Å². The van der Waals surface area contributed by atoms with E-state index < -0.39 is 0 Å². The molecule has 0 aliphatic heterocycles. The summed E-state index contributed by atoms with van der Waals surface area (Å²) in [5.74, 6) is 2.33. The molecular weight excluding hydrogens is 244 g/mol. The van der Waals surface area contributed by atoms with Crippen LogP contribution in [0.4, 0.5) is 0 Å². The molecule has 0 amide bonds. The molecule has 2 aromatic heterocycles. The van der Waals surface area contributed by atoms with Gasteiger partial charge in [0.2, 0.25) is 5.78 Å². The first-order valence-electron chi connectivity index (χ1n) is 5.32. The highest BCUT2D eigenvalue weighted by Crippen LogP contribution is 2.22. The maximum Gasteiger partial charge on any atom is 0.223 e. The van der Waals surface area contributed by atoms with Crippen molar-refractivity contribution in [2.45, 2.75) is 0 Å². The van der Waals surface area contributed by atoms with Gasteiger partial charge in [-0.05, 0) is 12.0 Å². The predicted octanol–water partition coefficient (Wildman–Crippen LogP) is 2.84. The number of rotatable bonds is 2. The van der Waals surface area contributed by atoms with E-state index in [0.29, 0.717) is 16.3 Å². The van der Waals surface area contributed by atoms with Gasteiger partial charge in [0.1, 0.15) is 5.69 Å². The Kier molecular flexibility index (Phi) is 2.47. The molecule has 1 aromatic carbocycles. The third-order valence-electron chi connectivity index (χ3n) is 2.68. The predicted molar refractivity (Wildman–Crippen MR) is 71.8 cm³/mol. The molecule has 0 atom stereocenters. The van der Waals surface area contributed by atoms with E-state index in [9.17, 15) is 4.79 Å². The summed E-state index contributed by atoms with van der Waals surface area (Å²) < 4.78 is 0. The number of ketones is 1. The molecule has 0 saturated carbocycles. The molecule has 0 aliphatic rings. The minimum atomic E-state index is -0.0982. The van der Waals surface area contributed by atoms with Gasteiger partial charge in [0.25, 0.3) is 0 Å². The smallest absolute Gasteiger partial charge is 0.223 e. The lowest BCUT2D eigenvalue weighted by molar-refractivity contribution is 0.104. The van der Waals surface area contributed by atoms with E-state index in [-0.39, 0.29) is 5.78 Å². The van der Waals surface area contributed by atoms with Crippen LogP contribution in [0.3, 0.4) is 0 Å². The number of hydrogen-bond acceptors (Lipinski definition) is 3. The number of carbonyl (C=O) groups is 1. The number of aromatic amines is 1. The van der Waals surface area contributed by atoms with Gasteiger partial charge in [-0.2, -0.15) is 0 Å². The molecule has 0 unspecified atom stereocenters. The Morgan fingerprint density at radius 2 is 2.22 bits per heavy atom. The molecule has 0 radical (unpaired) electrons. The number of nitrogens with one attached hydrogen (secondary N) is 1. The third kappa shape index (κ3) is 1.62. The molecule has 2 heterocycles. The molecular formula is C14H8N2OS. The van der Waals surface area contributed by atoms with Crippen molar-refractivity contribution >= 4 is 28.0 Å². The molecule has 0 spiro atoms. The van der Waals surface area contributed by atoms with E-state index in [2.05, 4.69) is 15.9 Å². The molecule has 3 aromatic rings. The van der Waals surface area contributed by atoms with Crippen LogP contribution in [0.1, 0.15) is 21.1 Å². The first kappa shape index (κ1) is 10.8. The largest absolute Gasteiger partial charge is 0.360 e. The Bertz CT molecular complexity index is 776. The van der Waals surface area contributed by atoms with Gasteiger partial charge < -0.3 is 4.98 Å². The van der Waals surface area contributed by atoms with Crippen LogP contribution in [0.5, 0.6) is 0 Å². The second kappa shape index (κ2) is 4.13. The maximum atomic E-state index is 12.3. The van der Waals surface area contributed by atoms with Crippen LogP contribution < -0.4 is 0 Å². The number of carbonyl (C=O) groups excluding carboxylic acids is 1. The average molecular weight is 252 g/mol. The van der Waals surface area contributed by atoms with Crippen molar-refractivity contribution in [2.24, 2.45) is 0 Å². The fraction of sp³-hybridized carbons (Fsp3) is 0. The summed E-state index contributed by atoms with van der Waals surface area (Å²) in [6.45, 7) is 0. The van der Waals surface area contributed by atoms with Gasteiger partial charge in [0, 0.05) is 22.5 Å². The molecule has 4 heteroatoms. The van der Waals surface area contributed by atoms with E-state index in [4.69, 9.17) is 6.42 Å². The van der Waals surface area contributed by atoms with Crippen molar-refractivity contribution in [3.8, 4) is 12.3 Å². The number of para-hydroxylation sites is 1. The van der Waals surface area contributed by atoms with Gasteiger partial charge in [0.05, 0.1) is 5.56 Å². The Morgan fingerprint density at radius 1 is 1.39 bits per heavy atom. The van der Waals surface area contributed by atoms with Crippen LogP contribution in [-0.2, 0) is 0 Å². The highest BCUT2D eigenvalue weighted by atomic mass is 32.1. The number of benzene rings is 1. The lowest BCUT2D eigenvalue weighted by Crippen LogP contribution is -1.99. The van der Waals surface area contributed by atoms with E-state index in [1.54, 1.807) is 11.6 Å². The van der Waals surface area contributed by atoms with Gasteiger partial charge in [-0.25, -0.2) is 4.98 Å². The minimum Gasteiger partial charge on any atom is -0.360 e. The number of fused-ring (bicyclic) bond motifs is 1. The standard InChI is InChI=1S/C14H8N2OS/c1-2-9-8-18-14(16-9)13(17)11-7-15-12-6-4-3-5-10(11)12/h1,3-8,15H. The second-order valence-corrected chi connectivity index (χ2v) is 4.62. The highest BCUT2D eigenvalue weighted by Gasteiger charge is 2.16. The summed E-state index contributed by atoms with van der Waals surface area (Å²) in [6.07, 6.45) is 6.96. The second-order valence-electron chi connectivity index (χ2n) is 3.76. The zero-order valence-electron chi connectivity index (χ0n) is 9.31. The van der Waals surface area contributed by atoms with Crippen molar-refractivity contribution in [3.05, 3.63) is 52.1 Å². The SMILES string of the molecule is C#Cc1csc(C(=O)c2c[nH]c3ccccc23)n1. The van der Waals surface area contributed by atoms with Crippen LogP contribution in [0.2, 0.25) is 0 Å². The van der Waals surface area contributed by atoms with Gasteiger partial charge in [-0.1, -0.05) is 18.2 Å². The van der Waals surface area contributed by atoms with Crippen LogP contribution in [0.25, 0.3) is 10.9 Å². The molecule has 0 saturated heterocycles. The summed E-state index contributed by atoms with van der Waals surface area (Å²) in [5, 5.41) is 3.04. The topological polar surface area (TPSA) is 45.8 Å². The molecule has 3 rings (SSSR count). The third-order valence-corrected chi connectivity index (χ3v) is 3.52. The van der Waals surface area contributed by atoms with Crippen molar-refractivity contribution in [2.75, 3.05) is 0 Å². The van der Waals surface area contributed by atoms with Gasteiger partial charge in [-0.15, -0.1) is 17.8 Å². The summed E-state index contributed by atoms with van der Waals surface area (Å²) in [5.41, 5.74) is 2.07. The van der Waals surface area contributed by atoms with E-state index in [1.165, 1.54) is 11.3 Å². The Morgan fingerprint density at radius 3 is 3.00 bits per heavy atom. The molecule has 3 nitrogen and oxygen atoms in total. The fourth-order valence-corrected chi connectivity index (χ4v) is 2.53. The minimum absolute atomic E-state index is 0.0982. The van der Waals surface area contributed by atoms with Crippen LogP contribution in [0, 0.1) is 12.3 Å². The average Bonchev–Trinajstić information content (AvgIpc) is 3.04. The molecule has 0 bridgehead atoms. The number of terminal acetylenes is 1. The van der Waals surface area contributed by atoms with Crippen molar-refractivity contribution < 1.29 is 4.79 Å². The molecule has 1 N–H and O–H groups in total. The zero-order valence-corrected chi connectivity index (χ0v) is 10.1. The fourth-order valence-electron chi connectivity index (χ4n) is 1.82. The van der Waals surface area contributed by atoms with Crippen LogP contribution in [-0.4, -0.2) is 15.8 Å². The van der Waals surface area contributed by atoms with E-state index >= 15 is 0 Å². The summed E-state index contributed by atoms with van der Waals surface area (Å²) in [4.78, 5) is 19.5. The summed E-state index contributed by atoms with van der Waals surface area (Å²) >= 11 is 1.27. The van der Waals surface area contributed by atoms with Crippen molar-refractivity contribution in [1.29, 1.82) is 0 Å². The van der Waals surface area contributed by atoms with Crippen LogP contribution >= 0.6 is 11.3 Å². The van der Waals surface area contributed by atoms with E-state index in [1.807, 2.05) is 24.3 Å². The zero-order chi connectivity index (χ0) is 12.5.